The molecule has 4 nitrogen and oxygen atoms in total. The molecule has 0 fully saturated rings. The molecule has 1 rings (SSSR count). The molecule has 1 heterocycles. The van der Waals surface area contributed by atoms with E-state index in [9.17, 15) is 4.79 Å². The average Bonchev–Trinajstić information content (AvgIpc) is 2.21. The third-order valence-electron chi connectivity index (χ3n) is 1.87. The Morgan fingerprint density at radius 2 is 2.44 bits per heavy atom. The summed E-state index contributed by atoms with van der Waals surface area (Å²) in [5.41, 5.74) is -0.167. The van der Waals surface area contributed by atoms with Crippen LogP contribution in [0.3, 0.4) is 0 Å². The first-order valence-corrected chi connectivity index (χ1v) is 5.02. The Bertz CT molecular complexity index is 440. The lowest BCUT2D eigenvalue weighted by atomic mass is 10.2. The quantitative estimate of drug-likeness (QED) is 0.790. The van der Waals surface area contributed by atoms with E-state index in [1.165, 1.54) is 6.07 Å². The van der Waals surface area contributed by atoms with Crippen molar-refractivity contribution in [3.63, 3.8) is 0 Å². The fourth-order valence-corrected chi connectivity index (χ4v) is 1.34. The summed E-state index contributed by atoms with van der Waals surface area (Å²) in [5.74, 6) is 1.80. The number of pyridine rings is 1. The number of rotatable bonds is 4. The number of halogens is 1. The molecule has 1 atom stereocenters. The maximum Gasteiger partial charge on any atom is 0.356 e. The second kappa shape index (κ2) is 5.38. The van der Waals surface area contributed by atoms with Gasteiger partial charge >= 0.3 is 5.97 Å². The first-order chi connectivity index (χ1) is 7.54. The van der Waals surface area contributed by atoms with Crippen LogP contribution in [0.25, 0.3) is 0 Å². The number of nitrogens with one attached hydrogen (secondary N) is 1. The van der Waals surface area contributed by atoms with E-state index in [4.69, 9.17) is 23.1 Å². The van der Waals surface area contributed by atoms with E-state index >= 15 is 0 Å². The molecule has 0 radical (unpaired) electrons. The van der Waals surface area contributed by atoms with Gasteiger partial charge in [-0.25, -0.2) is 9.78 Å². The van der Waals surface area contributed by atoms with E-state index in [2.05, 4.69) is 16.2 Å². The Morgan fingerprint density at radius 3 is 3.00 bits per heavy atom. The zero-order valence-corrected chi connectivity index (χ0v) is 9.45. The van der Waals surface area contributed by atoms with Crippen molar-refractivity contribution in [2.24, 2.45) is 0 Å². The molecule has 1 aromatic rings. The summed E-state index contributed by atoms with van der Waals surface area (Å²) in [6, 6.07) is 3.13. The summed E-state index contributed by atoms with van der Waals surface area (Å²) in [5, 5.41) is 11.9. The first-order valence-electron chi connectivity index (χ1n) is 4.64. The highest BCUT2D eigenvalue weighted by Crippen LogP contribution is 2.17. The van der Waals surface area contributed by atoms with E-state index in [1.54, 1.807) is 6.07 Å². The zero-order chi connectivity index (χ0) is 12.1. The number of anilines is 1. The molecule has 16 heavy (non-hydrogen) atoms. The molecule has 0 aliphatic rings. The molecule has 0 saturated carbocycles. The van der Waals surface area contributed by atoms with Crippen molar-refractivity contribution >= 4 is 23.4 Å². The van der Waals surface area contributed by atoms with Crippen LogP contribution in [-0.4, -0.2) is 22.1 Å². The number of hydrogen-bond acceptors (Lipinski definition) is 3. The van der Waals surface area contributed by atoms with Crippen LogP contribution in [0.5, 0.6) is 0 Å². The van der Waals surface area contributed by atoms with E-state index < -0.39 is 5.97 Å². The van der Waals surface area contributed by atoms with Gasteiger partial charge in [0.1, 0.15) is 5.82 Å². The Kier molecular flexibility index (Phi) is 4.15. The Morgan fingerprint density at radius 1 is 1.75 bits per heavy atom. The largest absolute Gasteiger partial charge is 0.476 e. The fraction of sp³-hybridized carbons (Fsp3) is 0.273. The standard InChI is InChI=1S/C11H11ClN2O2/c1-3-4-7(2)13-9-6-5-8(12)10(14-9)11(15)16/h1,5-7H,4H2,2H3,(H,13,14)(H,15,16). The topological polar surface area (TPSA) is 62.2 Å². The van der Waals surface area contributed by atoms with Crippen LogP contribution in [0.2, 0.25) is 5.02 Å². The lowest BCUT2D eigenvalue weighted by Gasteiger charge is -2.12. The number of hydrogen-bond donors (Lipinski definition) is 2. The first kappa shape index (κ1) is 12.3. The SMILES string of the molecule is C#CCC(C)Nc1ccc(Cl)c(C(=O)O)n1. The van der Waals surface area contributed by atoms with Gasteiger partial charge in [0, 0.05) is 12.5 Å². The van der Waals surface area contributed by atoms with Crippen LogP contribution in [-0.2, 0) is 0 Å². The summed E-state index contributed by atoms with van der Waals surface area (Å²) < 4.78 is 0. The van der Waals surface area contributed by atoms with Gasteiger partial charge < -0.3 is 10.4 Å². The number of aromatic carboxylic acids is 1. The highest BCUT2D eigenvalue weighted by Gasteiger charge is 2.12. The zero-order valence-electron chi connectivity index (χ0n) is 8.70. The predicted octanol–water partition coefficient (Wildman–Crippen LogP) is 2.26. The smallest absolute Gasteiger partial charge is 0.356 e. The molecule has 5 heteroatoms. The van der Waals surface area contributed by atoms with Gasteiger partial charge in [0.05, 0.1) is 5.02 Å². The molecule has 0 saturated heterocycles. The summed E-state index contributed by atoms with van der Waals surface area (Å²) in [6.07, 6.45) is 5.69. The van der Waals surface area contributed by atoms with Crippen molar-refractivity contribution in [2.75, 3.05) is 5.32 Å². The molecule has 1 unspecified atom stereocenters. The van der Waals surface area contributed by atoms with Crippen molar-refractivity contribution in [1.82, 2.24) is 4.98 Å². The van der Waals surface area contributed by atoms with Gasteiger partial charge in [0.25, 0.3) is 0 Å². The molecule has 84 valence electrons. The molecule has 0 aliphatic heterocycles. The highest BCUT2D eigenvalue weighted by atomic mass is 35.5. The third-order valence-corrected chi connectivity index (χ3v) is 2.17. The van der Waals surface area contributed by atoms with Gasteiger partial charge in [0.2, 0.25) is 0 Å². The normalized spacial score (nSPS) is 11.6. The predicted molar refractivity (Wildman–Crippen MR) is 62.7 cm³/mol. The lowest BCUT2D eigenvalue weighted by molar-refractivity contribution is 0.0691. The van der Waals surface area contributed by atoms with Crippen molar-refractivity contribution in [3.05, 3.63) is 22.8 Å². The van der Waals surface area contributed by atoms with Crippen LogP contribution in [0.4, 0.5) is 5.82 Å². The highest BCUT2D eigenvalue weighted by molar-refractivity contribution is 6.33. The van der Waals surface area contributed by atoms with E-state index in [1.807, 2.05) is 6.92 Å². The Balaban J connectivity index is 2.87. The van der Waals surface area contributed by atoms with Gasteiger partial charge in [0.15, 0.2) is 5.69 Å². The number of aromatic nitrogens is 1. The lowest BCUT2D eigenvalue weighted by Crippen LogP contribution is -2.16. The van der Waals surface area contributed by atoms with Gasteiger partial charge in [-0.3, -0.25) is 0 Å². The summed E-state index contributed by atoms with van der Waals surface area (Å²) >= 11 is 5.69. The molecular weight excluding hydrogens is 228 g/mol. The molecule has 0 bridgehead atoms. The fourth-order valence-electron chi connectivity index (χ4n) is 1.15. The molecule has 2 N–H and O–H groups in total. The van der Waals surface area contributed by atoms with Gasteiger partial charge in [-0.2, -0.15) is 0 Å². The molecular formula is C11H11ClN2O2. The minimum atomic E-state index is -1.15. The third kappa shape index (κ3) is 3.14. The minimum absolute atomic E-state index is 0.0281. The number of terminal acetylenes is 1. The summed E-state index contributed by atoms with van der Waals surface area (Å²) in [6.45, 7) is 1.89. The van der Waals surface area contributed by atoms with Crippen molar-refractivity contribution in [3.8, 4) is 12.3 Å². The number of carboxylic acid groups (broad SMARTS) is 1. The monoisotopic (exact) mass is 238 g/mol. The van der Waals surface area contributed by atoms with Crippen molar-refractivity contribution in [2.45, 2.75) is 19.4 Å². The van der Waals surface area contributed by atoms with Crippen LogP contribution in [0.15, 0.2) is 12.1 Å². The maximum atomic E-state index is 10.8. The van der Waals surface area contributed by atoms with Crippen LogP contribution in [0.1, 0.15) is 23.8 Å². The Hall–Kier alpha value is -1.73. The molecule has 0 aromatic carbocycles. The van der Waals surface area contributed by atoms with Gasteiger partial charge in [-0.1, -0.05) is 11.6 Å². The molecule has 0 amide bonds. The van der Waals surface area contributed by atoms with Gasteiger partial charge in [-0.15, -0.1) is 12.3 Å². The summed E-state index contributed by atoms with van der Waals surface area (Å²) in [4.78, 5) is 14.7. The van der Waals surface area contributed by atoms with E-state index in [0.717, 1.165) is 0 Å². The maximum absolute atomic E-state index is 10.8. The second-order valence-corrected chi connectivity index (χ2v) is 3.69. The molecule has 0 aliphatic carbocycles. The van der Waals surface area contributed by atoms with Crippen molar-refractivity contribution in [1.29, 1.82) is 0 Å². The second-order valence-electron chi connectivity index (χ2n) is 3.29. The van der Waals surface area contributed by atoms with E-state index in [0.29, 0.717) is 12.2 Å². The number of nitrogens with zero attached hydrogens (tertiary/aromatic N) is 1. The average molecular weight is 239 g/mol. The number of carboxylic acids is 1. The summed E-state index contributed by atoms with van der Waals surface area (Å²) in [7, 11) is 0. The number of carbonyl (C=O) groups is 1. The van der Waals surface area contributed by atoms with Crippen LogP contribution < -0.4 is 5.32 Å². The van der Waals surface area contributed by atoms with Crippen LogP contribution >= 0.6 is 11.6 Å². The van der Waals surface area contributed by atoms with Crippen LogP contribution in [0, 0.1) is 12.3 Å². The van der Waals surface area contributed by atoms with E-state index in [-0.39, 0.29) is 16.8 Å². The minimum Gasteiger partial charge on any atom is -0.476 e. The molecule has 1 aromatic heterocycles. The van der Waals surface area contributed by atoms with Gasteiger partial charge in [-0.05, 0) is 19.1 Å². The van der Waals surface area contributed by atoms with Crippen molar-refractivity contribution < 1.29 is 9.90 Å². The molecule has 0 spiro atoms. The Labute approximate surface area is 98.6 Å².